The van der Waals surface area contributed by atoms with Crippen molar-refractivity contribution in [2.45, 2.75) is 23.1 Å². The highest BCUT2D eigenvalue weighted by atomic mass is 32.2. The Labute approximate surface area is 166 Å². The first-order valence-electron chi connectivity index (χ1n) is 8.54. The van der Waals surface area contributed by atoms with Gasteiger partial charge in [0.15, 0.2) is 0 Å². The van der Waals surface area contributed by atoms with Crippen LogP contribution in [0.25, 0.3) is 0 Å². The lowest BCUT2D eigenvalue weighted by molar-refractivity contribution is 0.0736. The summed E-state index contributed by atoms with van der Waals surface area (Å²) in [5.74, 6) is -0.0686. The topological polar surface area (TPSA) is 66.5 Å². The van der Waals surface area contributed by atoms with Gasteiger partial charge in [-0.3, -0.25) is 9.52 Å². The normalized spacial score (nSPS) is 17.2. The van der Waals surface area contributed by atoms with E-state index in [2.05, 4.69) is 16.2 Å². The van der Waals surface area contributed by atoms with Crippen LogP contribution < -0.4 is 4.72 Å². The molecule has 1 saturated heterocycles. The van der Waals surface area contributed by atoms with Gasteiger partial charge in [0.1, 0.15) is 4.21 Å². The van der Waals surface area contributed by atoms with E-state index < -0.39 is 10.0 Å². The quantitative estimate of drug-likeness (QED) is 0.659. The van der Waals surface area contributed by atoms with E-state index in [-0.39, 0.29) is 16.2 Å². The zero-order valence-electron chi connectivity index (χ0n) is 14.4. The maximum absolute atomic E-state index is 13.1. The second-order valence-corrected chi connectivity index (χ2v) is 9.97. The second kappa shape index (κ2) is 7.46. The summed E-state index contributed by atoms with van der Waals surface area (Å²) in [6.45, 7) is 0.713. The largest absolute Gasteiger partial charge is 0.332 e. The van der Waals surface area contributed by atoms with Crippen LogP contribution in [0.5, 0.6) is 0 Å². The highest BCUT2D eigenvalue weighted by molar-refractivity contribution is 7.94. The third kappa shape index (κ3) is 3.78. The van der Waals surface area contributed by atoms with Gasteiger partial charge in [0.05, 0.1) is 6.04 Å². The van der Waals surface area contributed by atoms with E-state index >= 15 is 0 Å². The smallest absolute Gasteiger partial charge is 0.271 e. The molecular weight excluding hydrogens is 400 g/mol. The van der Waals surface area contributed by atoms with Crippen molar-refractivity contribution in [3.8, 4) is 0 Å². The Morgan fingerprint density at radius 2 is 2.04 bits per heavy atom. The van der Waals surface area contributed by atoms with Gasteiger partial charge in [0, 0.05) is 17.8 Å². The summed E-state index contributed by atoms with van der Waals surface area (Å²) in [6.07, 6.45) is 1.92. The maximum Gasteiger partial charge on any atom is 0.271 e. The van der Waals surface area contributed by atoms with E-state index in [0.29, 0.717) is 17.8 Å². The summed E-state index contributed by atoms with van der Waals surface area (Å²) in [4.78, 5) is 14.9. The fourth-order valence-electron chi connectivity index (χ4n) is 3.32. The Morgan fingerprint density at radius 1 is 1.15 bits per heavy atom. The number of nitrogens with zero attached hydrogens (tertiary/aromatic N) is 1. The van der Waals surface area contributed by atoms with Crippen molar-refractivity contribution in [3.05, 3.63) is 69.7 Å². The molecule has 1 aromatic carbocycles. The summed E-state index contributed by atoms with van der Waals surface area (Å²) in [5.41, 5.74) is 2.05. The Hall–Kier alpha value is -2.16. The van der Waals surface area contributed by atoms with Crippen molar-refractivity contribution in [2.75, 3.05) is 11.3 Å². The first-order chi connectivity index (χ1) is 13.0. The van der Waals surface area contributed by atoms with Gasteiger partial charge < -0.3 is 4.90 Å². The molecule has 5 nitrogen and oxygen atoms in total. The number of sulfonamides is 1. The van der Waals surface area contributed by atoms with Crippen LogP contribution in [-0.2, 0) is 10.0 Å². The molecule has 27 heavy (non-hydrogen) atoms. The van der Waals surface area contributed by atoms with Crippen LogP contribution in [0.2, 0.25) is 0 Å². The van der Waals surface area contributed by atoms with Gasteiger partial charge in [-0.15, -0.1) is 11.3 Å². The van der Waals surface area contributed by atoms with Crippen LogP contribution >= 0.6 is 22.7 Å². The lowest BCUT2D eigenvalue weighted by atomic mass is 10.1. The molecule has 1 amide bonds. The van der Waals surface area contributed by atoms with Gasteiger partial charge in [-0.1, -0.05) is 12.1 Å². The lowest BCUT2D eigenvalue weighted by Crippen LogP contribution is -2.30. The van der Waals surface area contributed by atoms with E-state index in [9.17, 15) is 13.2 Å². The third-order valence-electron chi connectivity index (χ3n) is 4.56. The Bertz CT molecular complexity index is 1030. The summed E-state index contributed by atoms with van der Waals surface area (Å²) in [5, 5.41) is 5.82. The van der Waals surface area contributed by atoms with Crippen LogP contribution in [0.1, 0.15) is 34.8 Å². The van der Waals surface area contributed by atoms with Gasteiger partial charge in [-0.25, -0.2) is 8.42 Å². The molecule has 4 rings (SSSR count). The van der Waals surface area contributed by atoms with Gasteiger partial charge in [0.2, 0.25) is 0 Å². The highest BCUT2D eigenvalue weighted by Gasteiger charge is 2.31. The molecule has 1 fully saturated rings. The minimum atomic E-state index is -3.63. The summed E-state index contributed by atoms with van der Waals surface area (Å²) < 4.78 is 27.6. The molecule has 0 spiro atoms. The maximum atomic E-state index is 13.1. The number of anilines is 1. The molecule has 3 heterocycles. The fourth-order valence-corrected chi connectivity index (χ4v) is 6.07. The van der Waals surface area contributed by atoms with E-state index in [0.717, 1.165) is 24.2 Å². The van der Waals surface area contributed by atoms with Gasteiger partial charge in [0.25, 0.3) is 15.9 Å². The molecule has 0 radical (unpaired) electrons. The fraction of sp³-hybridized carbons (Fsp3) is 0.211. The molecule has 1 aliphatic heterocycles. The predicted octanol–water partition coefficient (Wildman–Crippen LogP) is 4.59. The van der Waals surface area contributed by atoms with E-state index in [1.54, 1.807) is 53.1 Å². The van der Waals surface area contributed by atoms with Crippen molar-refractivity contribution in [3.63, 3.8) is 0 Å². The molecule has 1 N–H and O–H groups in total. The SMILES string of the molecule is O=C(c1cccc(NS(=O)(=O)c2cccs2)c1)N1CCC[C@@H]1c1ccsc1. The molecule has 0 unspecified atom stereocenters. The first-order valence-corrected chi connectivity index (χ1v) is 11.8. The number of carbonyl (C=O) groups excluding carboxylic acids is 1. The first kappa shape index (κ1) is 18.2. The van der Waals surface area contributed by atoms with Gasteiger partial charge in [-0.2, -0.15) is 11.3 Å². The lowest BCUT2D eigenvalue weighted by Gasteiger charge is -2.24. The third-order valence-corrected chi connectivity index (χ3v) is 8.04. The molecule has 140 valence electrons. The second-order valence-electron chi connectivity index (χ2n) is 6.33. The van der Waals surface area contributed by atoms with Crippen LogP contribution in [0.4, 0.5) is 5.69 Å². The molecule has 1 aliphatic rings. The molecule has 3 aromatic rings. The van der Waals surface area contributed by atoms with E-state index in [1.807, 2.05) is 10.3 Å². The number of nitrogens with one attached hydrogen (secondary N) is 1. The molecule has 0 aliphatic carbocycles. The van der Waals surface area contributed by atoms with Crippen LogP contribution in [0.15, 0.2) is 62.8 Å². The summed E-state index contributed by atoms with van der Waals surface area (Å²) in [6, 6.07) is 12.1. The van der Waals surface area contributed by atoms with Gasteiger partial charge in [-0.05, 0) is 64.9 Å². The minimum absolute atomic E-state index is 0.0686. The zero-order chi connectivity index (χ0) is 18.9. The number of carbonyl (C=O) groups is 1. The Kier molecular flexibility index (Phi) is 5.03. The van der Waals surface area contributed by atoms with Crippen LogP contribution in [0.3, 0.4) is 0 Å². The van der Waals surface area contributed by atoms with Crippen LogP contribution in [-0.4, -0.2) is 25.8 Å². The van der Waals surface area contributed by atoms with E-state index in [4.69, 9.17) is 0 Å². The van der Waals surface area contributed by atoms with Crippen molar-refractivity contribution in [2.24, 2.45) is 0 Å². The monoisotopic (exact) mass is 418 g/mol. The summed E-state index contributed by atoms with van der Waals surface area (Å²) >= 11 is 2.78. The molecule has 2 aromatic heterocycles. The average molecular weight is 419 g/mol. The number of hydrogen-bond donors (Lipinski definition) is 1. The van der Waals surface area contributed by atoms with Crippen LogP contribution in [0, 0.1) is 0 Å². The molecule has 0 saturated carbocycles. The number of benzene rings is 1. The minimum Gasteiger partial charge on any atom is -0.332 e. The van der Waals surface area contributed by atoms with Gasteiger partial charge >= 0.3 is 0 Å². The standard InChI is InChI=1S/C19H18N2O3S3/c22-19(21-9-2-6-17(21)15-8-11-25-13-15)14-4-1-5-16(12-14)20-27(23,24)18-7-3-10-26-18/h1,3-5,7-8,10-13,17,20H,2,6,9H2/t17-/m1/s1. The predicted molar refractivity (Wildman–Crippen MR) is 109 cm³/mol. The molecule has 1 atom stereocenters. The van der Waals surface area contributed by atoms with Crippen molar-refractivity contribution in [1.29, 1.82) is 0 Å². The van der Waals surface area contributed by atoms with Crippen molar-refractivity contribution < 1.29 is 13.2 Å². The van der Waals surface area contributed by atoms with Crippen molar-refractivity contribution in [1.82, 2.24) is 4.90 Å². The molecular formula is C19H18N2O3S3. The number of likely N-dealkylation sites (tertiary alicyclic amines) is 1. The number of thiophene rings is 2. The number of rotatable bonds is 5. The number of amides is 1. The summed E-state index contributed by atoms with van der Waals surface area (Å²) in [7, 11) is -3.63. The zero-order valence-corrected chi connectivity index (χ0v) is 16.8. The number of hydrogen-bond acceptors (Lipinski definition) is 5. The average Bonchev–Trinajstić information content (AvgIpc) is 3.43. The van der Waals surface area contributed by atoms with E-state index in [1.165, 1.54) is 5.56 Å². The molecule has 8 heteroatoms. The van der Waals surface area contributed by atoms with Crippen molar-refractivity contribution >= 4 is 44.3 Å². The molecule has 0 bridgehead atoms. The Balaban J connectivity index is 1.56. The highest BCUT2D eigenvalue weighted by Crippen LogP contribution is 2.34. The Morgan fingerprint density at radius 3 is 2.78 bits per heavy atom.